The van der Waals surface area contributed by atoms with E-state index in [2.05, 4.69) is 4.98 Å². The lowest BCUT2D eigenvalue weighted by Crippen LogP contribution is -2.03. The van der Waals surface area contributed by atoms with Gasteiger partial charge in [-0.05, 0) is 30.7 Å². The summed E-state index contributed by atoms with van der Waals surface area (Å²) < 4.78 is 5.16. The molecule has 0 saturated heterocycles. The number of hydrogen-bond donors (Lipinski definition) is 1. The Balaban J connectivity index is 2.08. The predicted octanol–water partition coefficient (Wildman–Crippen LogP) is 2.26. The van der Waals surface area contributed by atoms with Crippen molar-refractivity contribution in [2.24, 2.45) is 0 Å². The zero-order chi connectivity index (χ0) is 10.7. The first-order valence-electron chi connectivity index (χ1n) is 4.89. The van der Waals surface area contributed by atoms with Crippen LogP contribution >= 0.6 is 0 Å². The van der Waals surface area contributed by atoms with Gasteiger partial charge in [0, 0.05) is 12.6 Å². The Kier molecular flexibility index (Phi) is 2.83. The van der Waals surface area contributed by atoms with E-state index in [0.717, 1.165) is 11.3 Å². The lowest BCUT2D eigenvalue weighted by molar-refractivity contribution is 0.166. The van der Waals surface area contributed by atoms with Gasteiger partial charge in [0.2, 0.25) is 0 Å². The molecule has 2 aromatic heterocycles. The summed E-state index contributed by atoms with van der Waals surface area (Å²) in [5.74, 6) is 0.768. The Bertz CT molecular complexity index is 406. The molecule has 0 radical (unpaired) electrons. The first-order chi connectivity index (χ1) is 7.25. The molecule has 3 nitrogen and oxygen atoms in total. The summed E-state index contributed by atoms with van der Waals surface area (Å²) in [6, 6.07) is 7.43. The summed E-state index contributed by atoms with van der Waals surface area (Å²) in [4.78, 5) is 4.17. The van der Waals surface area contributed by atoms with Crippen molar-refractivity contribution in [3.63, 3.8) is 0 Å². The molecular formula is C12H13NO2. The Labute approximate surface area is 88.4 Å². The molecule has 2 rings (SSSR count). The molecule has 1 atom stereocenters. The standard InChI is InChI=1S/C12H13NO2/c1-9-4-5-11(13-8-9)12(14)7-10-3-2-6-15-10/h2-6,8,12,14H,7H2,1H3. The lowest BCUT2D eigenvalue weighted by atomic mass is 10.1. The number of rotatable bonds is 3. The van der Waals surface area contributed by atoms with Gasteiger partial charge in [-0.2, -0.15) is 0 Å². The number of furan rings is 1. The molecule has 2 heterocycles. The van der Waals surface area contributed by atoms with Crippen LogP contribution in [0.5, 0.6) is 0 Å². The van der Waals surface area contributed by atoms with E-state index in [1.165, 1.54) is 0 Å². The second-order valence-corrected chi connectivity index (χ2v) is 3.56. The smallest absolute Gasteiger partial charge is 0.106 e. The third-order valence-electron chi connectivity index (χ3n) is 2.25. The monoisotopic (exact) mass is 203 g/mol. The molecule has 0 aliphatic rings. The maximum atomic E-state index is 9.86. The maximum Gasteiger partial charge on any atom is 0.106 e. The molecule has 0 fully saturated rings. The van der Waals surface area contributed by atoms with Crippen molar-refractivity contribution < 1.29 is 9.52 Å². The highest BCUT2D eigenvalue weighted by atomic mass is 16.3. The fourth-order valence-corrected chi connectivity index (χ4v) is 1.40. The van der Waals surface area contributed by atoms with Crippen molar-refractivity contribution in [2.45, 2.75) is 19.4 Å². The van der Waals surface area contributed by atoms with Crippen LogP contribution in [0, 0.1) is 6.92 Å². The van der Waals surface area contributed by atoms with Gasteiger partial charge in [0.05, 0.1) is 12.0 Å². The van der Waals surface area contributed by atoms with Crippen molar-refractivity contribution in [2.75, 3.05) is 0 Å². The van der Waals surface area contributed by atoms with E-state index in [9.17, 15) is 5.11 Å². The zero-order valence-corrected chi connectivity index (χ0v) is 8.55. The van der Waals surface area contributed by atoms with Crippen LogP contribution in [0.25, 0.3) is 0 Å². The maximum absolute atomic E-state index is 9.86. The summed E-state index contributed by atoms with van der Waals surface area (Å²) in [6.45, 7) is 1.97. The van der Waals surface area contributed by atoms with Gasteiger partial charge < -0.3 is 9.52 Å². The van der Waals surface area contributed by atoms with Crippen LogP contribution in [0.1, 0.15) is 23.1 Å². The second kappa shape index (κ2) is 4.28. The van der Waals surface area contributed by atoms with E-state index in [-0.39, 0.29) is 0 Å². The van der Waals surface area contributed by atoms with Gasteiger partial charge in [-0.25, -0.2) is 0 Å². The van der Waals surface area contributed by atoms with Crippen molar-refractivity contribution >= 4 is 0 Å². The number of aliphatic hydroxyl groups excluding tert-OH is 1. The van der Waals surface area contributed by atoms with Crippen LogP contribution < -0.4 is 0 Å². The van der Waals surface area contributed by atoms with E-state index in [0.29, 0.717) is 12.1 Å². The highest BCUT2D eigenvalue weighted by molar-refractivity contribution is 5.15. The molecular weight excluding hydrogens is 190 g/mol. The fraction of sp³-hybridized carbons (Fsp3) is 0.250. The van der Waals surface area contributed by atoms with Crippen LogP contribution in [0.3, 0.4) is 0 Å². The topological polar surface area (TPSA) is 46.3 Å². The van der Waals surface area contributed by atoms with Crippen molar-refractivity contribution in [1.82, 2.24) is 4.98 Å². The molecule has 3 heteroatoms. The number of hydrogen-bond acceptors (Lipinski definition) is 3. The van der Waals surface area contributed by atoms with E-state index in [4.69, 9.17) is 4.42 Å². The first-order valence-corrected chi connectivity index (χ1v) is 4.89. The van der Waals surface area contributed by atoms with Gasteiger partial charge in [0.1, 0.15) is 11.9 Å². The number of nitrogens with zero attached hydrogens (tertiary/aromatic N) is 1. The third kappa shape index (κ3) is 2.44. The molecule has 0 aliphatic heterocycles. The summed E-state index contributed by atoms with van der Waals surface area (Å²) in [7, 11) is 0. The lowest BCUT2D eigenvalue weighted by Gasteiger charge is -2.07. The third-order valence-corrected chi connectivity index (χ3v) is 2.25. The number of aryl methyl sites for hydroxylation is 1. The van der Waals surface area contributed by atoms with Gasteiger partial charge in [-0.3, -0.25) is 4.98 Å². The summed E-state index contributed by atoms with van der Waals surface area (Å²) in [5, 5.41) is 9.86. The molecule has 0 aromatic carbocycles. The summed E-state index contributed by atoms with van der Waals surface area (Å²) in [5.41, 5.74) is 1.76. The van der Waals surface area contributed by atoms with Crippen molar-refractivity contribution in [3.8, 4) is 0 Å². The normalized spacial score (nSPS) is 12.7. The highest BCUT2D eigenvalue weighted by Gasteiger charge is 2.10. The minimum atomic E-state index is -0.600. The average Bonchev–Trinajstić information content (AvgIpc) is 2.71. The number of pyridine rings is 1. The van der Waals surface area contributed by atoms with Crippen LogP contribution in [-0.4, -0.2) is 10.1 Å². The molecule has 0 amide bonds. The van der Waals surface area contributed by atoms with Crippen molar-refractivity contribution in [3.05, 3.63) is 53.7 Å². The average molecular weight is 203 g/mol. The van der Waals surface area contributed by atoms with E-state index in [1.54, 1.807) is 12.5 Å². The van der Waals surface area contributed by atoms with E-state index < -0.39 is 6.10 Å². The molecule has 15 heavy (non-hydrogen) atoms. The number of aliphatic hydroxyl groups is 1. The highest BCUT2D eigenvalue weighted by Crippen LogP contribution is 2.16. The van der Waals surface area contributed by atoms with Crippen LogP contribution in [-0.2, 0) is 6.42 Å². The minimum Gasteiger partial charge on any atom is -0.469 e. The van der Waals surface area contributed by atoms with Gasteiger partial charge in [-0.1, -0.05) is 6.07 Å². The Morgan fingerprint density at radius 1 is 1.40 bits per heavy atom. The van der Waals surface area contributed by atoms with Crippen LogP contribution in [0.2, 0.25) is 0 Å². The van der Waals surface area contributed by atoms with Crippen LogP contribution in [0.15, 0.2) is 41.1 Å². The Morgan fingerprint density at radius 3 is 2.87 bits per heavy atom. The van der Waals surface area contributed by atoms with E-state index >= 15 is 0 Å². The van der Waals surface area contributed by atoms with Gasteiger partial charge in [-0.15, -0.1) is 0 Å². The molecule has 1 N–H and O–H groups in total. The van der Waals surface area contributed by atoms with Gasteiger partial charge in [0.15, 0.2) is 0 Å². The molecule has 0 saturated carbocycles. The van der Waals surface area contributed by atoms with Crippen LogP contribution in [0.4, 0.5) is 0 Å². The SMILES string of the molecule is Cc1ccc(C(O)Cc2ccco2)nc1. The molecule has 0 aliphatic carbocycles. The second-order valence-electron chi connectivity index (χ2n) is 3.56. The predicted molar refractivity (Wildman–Crippen MR) is 56.3 cm³/mol. The quantitative estimate of drug-likeness (QED) is 0.832. The molecule has 2 aromatic rings. The van der Waals surface area contributed by atoms with Gasteiger partial charge >= 0.3 is 0 Å². The zero-order valence-electron chi connectivity index (χ0n) is 8.55. The molecule has 0 bridgehead atoms. The van der Waals surface area contributed by atoms with E-state index in [1.807, 2.05) is 31.2 Å². The largest absolute Gasteiger partial charge is 0.469 e. The van der Waals surface area contributed by atoms with Gasteiger partial charge in [0.25, 0.3) is 0 Å². The Hall–Kier alpha value is -1.61. The Morgan fingerprint density at radius 2 is 2.27 bits per heavy atom. The fourth-order valence-electron chi connectivity index (χ4n) is 1.40. The molecule has 78 valence electrons. The molecule has 0 spiro atoms. The molecule has 1 unspecified atom stereocenters. The van der Waals surface area contributed by atoms with Crippen molar-refractivity contribution in [1.29, 1.82) is 0 Å². The minimum absolute atomic E-state index is 0.461. The number of aromatic nitrogens is 1. The first kappa shape index (κ1) is 9.93. The summed E-state index contributed by atoms with van der Waals surface area (Å²) in [6.07, 6.45) is 3.21. The summed E-state index contributed by atoms with van der Waals surface area (Å²) >= 11 is 0.